The predicted molar refractivity (Wildman–Crippen MR) is 60.0 cm³/mol. The molecule has 9 nitrogen and oxygen atoms in total. The molecule has 3 rings (SSSR count). The number of aryl methyl sites for hydroxylation is 1. The molecule has 3 aromatic heterocycles. The maximum Gasteiger partial charge on any atom is 0.213 e. The molecule has 0 aliphatic heterocycles. The molecule has 0 aliphatic rings. The number of anilines is 1. The topological polar surface area (TPSA) is 113 Å². The van der Waals surface area contributed by atoms with Gasteiger partial charge in [0.15, 0.2) is 11.6 Å². The molecule has 9 heteroatoms. The molecule has 0 spiro atoms. The molecule has 18 heavy (non-hydrogen) atoms. The first-order valence-electron chi connectivity index (χ1n) is 5.18. The molecular weight excluding hydrogens is 236 g/mol. The molecule has 0 fully saturated rings. The van der Waals surface area contributed by atoms with E-state index in [1.807, 2.05) is 13.1 Å². The Labute approximate surface area is 101 Å². The highest BCUT2D eigenvalue weighted by atomic mass is 16.5. The summed E-state index contributed by atoms with van der Waals surface area (Å²) >= 11 is 0. The van der Waals surface area contributed by atoms with Crippen LogP contribution in [-0.2, 0) is 13.6 Å². The lowest BCUT2D eigenvalue weighted by molar-refractivity contribution is 0.406. The molecule has 92 valence electrons. The van der Waals surface area contributed by atoms with E-state index < -0.39 is 0 Å². The molecule has 0 radical (unpaired) electrons. The first kappa shape index (κ1) is 10.4. The highest BCUT2D eigenvalue weighted by molar-refractivity contribution is 5.66. The number of nitrogens with zero attached hydrogens (tertiary/aromatic N) is 7. The Morgan fingerprint density at radius 2 is 2.33 bits per heavy atom. The zero-order chi connectivity index (χ0) is 12.5. The van der Waals surface area contributed by atoms with Crippen LogP contribution >= 0.6 is 0 Å². The van der Waals surface area contributed by atoms with Crippen molar-refractivity contribution < 1.29 is 4.52 Å². The monoisotopic (exact) mass is 246 g/mol. The van der Waals surface area contributed by atoms with Crippen molar-refractivity contribution in [1.29, 1.82) is 0 Å². The van der Waals surface area contributed by atoms with Crippen LogP contribution in [0.5, 0.6) is 0 Å². The summed E-state index contributed by atoms with van der Waals surface area (Å²) < 4.78 is 7.98. The van der Waals surface area contributed by atoms with Crippen molar-refractivity contribution in [3.8, 4) is 11.4 Å². The number of nitrogen functional groups attached to an aromatic ring is 1. The third-order valence-electron chi connectivity index (χ3n) is 2.52. The van der Waals surface area contributed by atoms with E-state index in [-0.39, 0.29) is 0 Å². The minimum Gasteiger partial charge on any atom is -0.380 e. The minimum atomic E-state index is 0.335. The van der Waals surface area contributed by atoms with Crippen molar-refractivity contribution in [3.63, 3.8) is 0 Å². The van der Waals surface area contributed by atoms with Gasteiger partial charge in [0.05, 0.1) is 5.69 Å². The van der Waals surface area contributed by atoms with Gasteiger partial charge in [0.1, 0.15) is 12.2 Å². The van der Waals surface area contributed by atoms with E-state index in [1.165, 1.54) is 6.39 Å². The molecule has 0 atom stereocenters. The highest BCUT2D eigenvalue weighted by Crippen LogP contribution is 2.23. The van der Waals surface area contributed by atoms with Crippen LogP contribution in [0, 0.1) is 0 Å². The Balaban J connectivity index is 2.04. The molecular formula is C9H10N8O. The van der Waals surface area contributed by atoms with E-state index >= 15 is 0 Å². The van der Waals surface area contributed by atoms with Crippen molar-refractivity contribution in [2.45, 2.75) is 6.54 Å². The van der Waals surface area contributed by atoms with Gasteiger partial charge in [0.2, 0.25) is 6.39 Å². The Morgan fingerprint density at radius 3 is 3.00 bits per heavy atom. The lowest BCUT2D eigenvalue weighted by atomic mass is 10.3. The summed E-state index contributed by atoms with van der Waals surface area (Å²) in [5, 5.41) is 15.6. The summed E-state index contributed by atoms with van der Waals surface area (Å²) in [6, 6.07) is 1.84. The maximum atomic E-state index is 5.83. The fourth-order valence-corrected chi connectivity index (χ4v) is 1.70. The average Bonchev–Trinajstić information content (AvgIpc) is 3.04. The van der Waals surface area contributed by atoms with Gasteiger partial charge in [0.25, 0.3) is 0 Å². The first-order valence-corrected chi connectivity index (χ1v) is 5.18. The lowest BCUT2D eigenvalue weighted by Gasteiger charge is -2.04. The summed E-state index contributed by atoms with van der Waals surface area (Å²) in [5.74, 6) is 0.838. The SMILES string of the molecule is Cn1nccc1-c1c(N)nnn1Cc1ncon1. The van der Waals surface area contributed by atoms with E-state index in [1.54, 1.807) is 15.6 Å². The molecule has 0 saturated carbocycles. The fourth-order valence-electron chi connectivity index (χ4n) is 1.70. The molecule has 0 aromatic carbocycles. The Hall–Kier alpha value is -2.71. The van der Waals surface area contributed by atoms with Gasteiger partial charge >= 0.3 is 0 Å². The smallest absolute Gasteiger partial charge is 0.213 e. The summed E-state index contributed by atoms with van der Waals surface area (Å²) in [6.07, 6.45) is 2.94. The van der Waals surface area contributed by atoms with Crippen LogP contribution in [0.2, 0.25) is 0 Å². The van der Waals surface area contributed by atoms with Crippen LogP contribution in [0.4, 0.5) is 5.82 Å². The Kier molecular flexibility index (Phi) is 2.29. The van der Waals surface area contributed by atoms with Crippen LogP contribution in [0.25, 0.3) is 11.4 Å². The number of hydrogen-bond donors (Lipinski definition) is 1. The van der Waals surface area contributed by atoms with Gasteiger partial charge in [0, 0.05) is 13.2 Å². The summed E-state index contributed by atoms with van der Waals surface area (Å²) in [5.41, 5.74) is 7.33. The number of nitrogens with two attached hydrogens (primary N) is 1. The van der Waals surface area contributed by atoms with Crippen LogP contribution in [-0.4, -0.2) is 34.9 Å². The number of aromatic nitrogens is 7. The Morgan fingerprint density at radius 1 is 1.44 bits per heavy atom. The summed E-state index contributed by atoms with van der Waals surface area (Å²) in [7, 11) is 1.82. The van der Waals surface area contributed by atoms with Gasteiger partial charge in [-0.2, -0.15) is 10.1 Å². The van der Waals surface area contributed by atoms with Crippen LogP contribution in [0.3, 0.4) is 0 Å². The van der Waals surface area contributed by atoms with E-state index in [0.717, 1.165) is 5.69 Å². The normalized spacial score (nSPS) is 10.9. The zero-order valence-corrected chi connectivity index (χ0v) is 9.56. The molecule has 0 unspecified atom stereocenters. The molecule has 2 N–H and O–H groups in total. The minimum absolute atomic E-state index is 0.335. The van der Waals surface area contributed by atoms with Gasteiger partial charge in [-0.1, -0.05) is 10.4 Å². The van der Waals surface area contributed by atoms with Crippen molar-refractivity contribution >= 4 is 5.82 Å². The molecule has 3 heterocycles. The largest absolute Gasteiger partial charge is 0.380 e. The predicted octanol–water partition coefficient (Wildman–Crippen LogP) is -0.308. The second-order valence-corrected chi connectivity index (χ2v) is 3.67. The highest BCUT2D eigenvalue weighted by Gasteiger charge is 2.16. The van der Waals surface area contributed by atoms with E-state index in [0.29, 0.717) is 23.9 Å². The van der Waals surface area contributed by atoms with Gasteiger partial charge < -0.3 is 10.3 Å². The van der Waals surface area contributed by atoms with Crippen LogP contribution in [0.15, 0.2) is 23.2 Å². The quantitative estimate of drug-likeness (QED) is 0.674. The maximum absolute atomic E-state index is 5.83. The third-order valence-corrected chi connectivity index (χ3v) is 2.52. The van der Waals surface area contributed by atoms with Crippen molar-refractivity contribution in [2.24, 2.45) is 7.05 Å². The zero-order valence-electron chi connectivity index (χ0n) is 9.56. The van der Waals surface area contributed by atoms with Crippen molar-refractivity contribution in [1.82, 2.24) is 34.9 Å². The van der Waals surface area contributed by atoms with Crippen molar-refractivity contribution in [3.05, 3.63) is 24.5 Å². The average molecular weight is 246 g/mol. The van der Waals surface area contributed by atoms with Gasteiger partial charge in [-0.25, -0.2) is 4.68 Å². The standard InChI is InChI=1S/C9H10N8O/c1-16-6(2-3-12-16)8-9(10)13-15-17(8)4-7-11-5-18-14-7/h2-3,5H,4,10H2,1H3. The summed E-state index contributed by atoms with van der Waals surface area (Å²) in [6.45, 7) is 0.335. The third kappa shape index (κ3) is 1.61. The van der Waals surface area contributed by atoms with Crippen LogP contribution < -0.4 is 5.73 Å². The molecule has 0 aliphatic carbocycles. The Bertz CT molecular complexity index is 652. The molecule has 0 bridgehead atoms. The number of rotatable bonds is 3. The van der Waals surface area contributed by atoms with E-state index in [9.17, 15) is 0 Å². The molecule has 0 amide bonds. The molecule has 3 aromatic rings. The lowest BCUT2D eigenvalue weighted by Crippen LogP contribution is -2.08. The van der Waals surface area contributed by atoms with Gasteiger partial charge in [-0.05, 0) is 6.07 Å². The van der Waals surface area contributed by atoms with Gasteiger partial charge in [-0.15, -0.1) is 5.10 Å². The second-order valence-electron chi connectivity index (χ2n) is 3.67. The van der Waals surface area contributed by atoms with Crippen LogP contribution in [0.1, 0.15) is 5.82 Å². The summed E-state index contributed by atoms with van der Waals surface area (Å²) in [4.78, 5) is 3.94. The second kappa shape index (κ2) is 3.95. The number of hydrogen-bond acceptors (Lipinski definition) is 7. The van der Waals surface area contributed by atoms with Gasteiger partial charge in [-0.3, -0.25) is 4.68 Å². The van der Waals surface area contributed by atoms with E-state index in [4.69, 9.17) is 5.73 Å². The fraction of sp³-hybridized carbons (Fsp3) is 0.222. The molecule has 0 saturated heterocycles. The van der Waals surface area contributed by atoms with Crippen molar-refractivity contribution in [2.75, 3.05) is 5.73 Å². The first-order chi connectivity index (χ1) is 8.75. The van der Waals surface area contributed by atoms with E-state index in [2.05, 4.69) is 30.1 Å².